The Morgan fingerprint density at radius 3 is 2.38 bits per heavy atom. The molecule has 1 N–H and O–H groups in total. The van der Waals surface area contributed by atoms with Crippen LogP contribution in [0.5, 0.6) is 5.75 Å². The van der Waals surface area contributed by atoms with Gasteiger partial charge in [-0.25, -0.2) is 4.79 Å². The maximum absolute atomic E-state index is 12.1. The van der Waals surface area contributed by atoms with E-state index in [4.69, 9.17) is 4.74 Å². The van der Waals surface area contributed by atoms with Crippen LogP contribution in [-0.2, 0) is 11.2 Å². The Balaban J connectivity index is 3.48. The van der Waals surface area contributed by atoms with E-state index < -0.39 is 14.0 Å². The molecular formula is C17H28O3Si. The van der Waals surface area contributed by atoms with Crippen molar-refractivity contribution in [3.63, 3.8) is 0 Å². The van der Waals surface area contributed by atoms with Crippen molar-refractivity contribution in [2.75, 3.05) is 6.61 Å². The molecule has 1 aromatic rings. The molecule has 21 heavy (non-hydrogen) atoms. The summed E-state index contributed by atoms with van der Waals surface area (Å²) in [4.78, 5) is 12.1. The van der Waals surface area contributed by atoms with Gasteiger partial charge < -0.3 is 9.84 Å². The summed E-state index contributed by atoms with van der Waals surface area (Å²) in [6, 6.07) is 1.82. The Hall–Kier alpha value is -1.29. The van der Waals surface area contributed by atoms with E-state index in [-0.39, 0.29) is 5.75 Å². The van der Waals surface area contributed by atoms with E-state index in [0.717, 1.165) is 35.6 Å². The van der Waals surface area contributed by atoms with Crippen molar-refractivity contribution in [1.29, 1.82) is 0 Å². The lowest BCUT2D eigenvalue weighted by molar-refractivity contribution is 0.0523. The molecule has 1 aromatic carbocycles. The van der Waals surface area contributed by atoms with Gasteiger partial charge in [-0.1, -0.05) is 33.0 Å². The van der Waals surface area contributed by atoms with Crippen LogP contribution in [0.1, 0.15) is 48.2 Å². The highest BCUT2D eigenvalue weighted by Gasteiger charge is 2.28. The predicted octanol–water partition coefficient (Wildman–Crippen LogP) is 3.77. The Morgan fingerprint density at radius 1 is 1.29 bits per heavy atom. The summed E-state index contributed by atoms with van der Waals surface area (Å²) in [6.45, 7) is 12.9. The average Bonchev–Trinajstić information content (AvgIpc) is 2.36. The Labute approximate surface area is 129 Å². The second kappa shape index (κ2) is 7.12. The van der Waals surface area contributed by atoms with E-state index in [2.05, 4.69) is 33.5 Å². The summed E-state index contributed by atoms with van der Waals surface area (Å²) in [5.74, 6) is -0.294. The third-order valence-corrected chi connectivity index (χ3v) is 5.82. The van der Waals surface area contributed by atoms with Crippen molar-refractivity contribution in [2.45, 2.75) is 59.7 Å². The lowest BCUT2D eigenvalue weighted by Crippen LogP contribution is -2.41. The normalized spacial score (nSPS) is 11.5. The molecule has 0 saturated heterocycles. The number of phenols is 1. The van der Waals surface area contributed by atoms with E-state index >= 15 is 0 Å². The van der Waals surface area contributed by atoms with E-state index in [1.807, 2.05) is 6.07 Å². The van der Waals surface area contributed by atoms with E-state index in [9.17, 15) is 9.90 Å². The van der Waals surface area contributed by atoms with Crippen molar-refractivity contribution >= 4 is 19.2 Å². The van der Waals surface area contributed by atoms with Gasteiger partial charge in [-0.2, -0.15) is 0 Å². The highest BCUT2D eigenvalue weighted by Crippen LogP contribution is 2.26. The summed E-state index contributed by atoms with van der Waals surface area (Å²) in [5.41, 5.74) is 2.63. The second-order valence-corrected chi connectivity index (χ2v) is 11.5. The van der Waals surface area contributed by atoms with Crippen molar-refractivity contribution < 1.29 is 14.6 Å². The van der Waals surface area contributed by atoms with Gasteiger partial charge in [0.05, 0.1) is 14.7 Å². The summed E-state index contributed by atoms with van der Waals surface area (Å²) in [5, 5.41) is 11.6. The number of phenolic OH excluding ortho intramolecular Hbond substituents is 1. The summed E-state index contributed by atoms with van der Waals surface area (Å²) >= 11 is 0. The zero-order chi connectivity index (χ0) is 16.2. The van der Waals surface area contributed by atoms with Crippen LogP contribution in [0.4, 0.5) is 0 Å². The Kier molecular flexibility index (Phi) is 6.02. The molecular weight excluding hydrogens is 280 g/mol. The number of benzene rings is 1. The molecule has 3 nitrogen and oxygen atoms in total. The van der Waals surface area contributed by atoms with Crippen LogP contribution in [0.25, 0.3) is 0 Å². The second-order valence-electron chi connectivity index (χ2n) is 6.51. The smallest absolute Gasteiger partial charge is 0.341 e. The van der Waals surface area contributed by atoms with Gasteiger partial charge in [-0.3, -0.25) is 0 Å². The number of aromatic hydroxyl groups is 1. The fraction of sp³-hybridized carbons (Fsp3) is 0.588. The van der Waals surface area contributed by atoms with Gasteiger partial charge in [-0.05, 0) is 49.1 Å². The molecule has 0 fully saturated rings. The van der Waals surface area contributed by atoms with Crippen LogP contribution in [0.3, 0.4) is 0 Å². The number of ether oxygens (including phenoxy) is 1. The van der Waals surface area contributed by atoms with Gasteiger partial charge in [0.25, 0.3) is 0 Å². The van der Waals surface area contributed by atoms with Gasteiger partial charge in [0.15, 0.2) is 0 Å². The van der Waals surface area contributed by atoms with Gasteiger partial charge in [0.2, 0.25) is 0 Å². The third-order valence-electron chi connectivity index (χ3n) is 3.71. The number of carbonyl (C=O) groups is 1. The SMILES string of the molecule is CCCCc1cc(C(=O)OCC)c(O)c([Si](C)(C)C)c1C. The topological polar surface area (TPSA) is 46.5 Å². The van der Waals surface area contributed by atoms with Gasteiger partial charge in [0, 0.05) is 0 Å². The highest BCUT2D eigenvalue weighted by molar-refractivity contribution is 6.89. The lowest BCUT2D eigenvalue weighted by atomic mass is 9.99. The van der Waals surface area contributed by atoms with Crippen molar-refractivity contribution in [3.05, 3.63) is 22.8 Å². The molecule has 0 atom stereocenters. The number of rotatable bonds is 6. The first-order valence-corrected chi connectivity index (χ1v) is 11.3. The van der Waals surface area contributed by atoms with Crippen LogP contribution < -0.4 is 5.19 Å². The zero-order valence-corrected chi connectivity index (χ0v) is 15.2. The first kappa shape index (κ1) is 17.8. The number of aryl methyl sites for hydroxylation is 1. The quantitative estimate of drug-likeness (QED) is 0.643. The molecule has 0 aliphatic carbocycles. The molecule has 0 saturated carbocycles. The van der Waals surface area contributed by atoms with Crippen LogP contribution >= 0.6 is 0 Å². The maximum atomic E-state index is 12.1. The fourth-order valence-electron chi connectivity index (χ4n) is 2.73. The predicted molar refractivity (Wildman–Crippen MR) is 90.4 cm³/mol. The van der Waals surface area contributed by atoms with E-state index in [1.54, 1.807) is 6.92 Å². The minimum absolute atomic E-state index is 0.130. The molecule has 0 spiro atoms. The summed E-state index contributed by atoms with van der Waals surface area (Å²) in [6.07, 6.45) is 3.13. The Bertz CT molecular complexity index is 516. The number of esters is 1. The first-order chi connectivity index (χ1) is 9.73. The average molecular weight is 308 g/mol. The van der Waals surface area contributed by atoms with Gasteiger partial charge in [-0.15, -0.1) is 0 Å². The maximum Gasteiger partial charge on any atom is 0.341 e. The molecule has 1 rings (SSSR count). The third kappa shape index (κ3) is 4.10. The zero-order valence-electron chi connectivity index (χ0n) is 14.2. The molecule has 0 heterocycles. The van der Waals surface area contributed by atoms with Crippen LogP contribution in [0.15, 0.2) is 6.07 Å². The largest absolute Gasteiger partial charge is 0.507 e. The molecule has 0 aliphatic heterocycles. The first-order valence-electron chi connectivity index (χ1n) is 7.77. The number of hydrogen-bond donors (Lipinski definition) is 1. The van der Waals surface area contributed by atoms with E-state index in [0.29, 0.717) is 12.2 Å². The molecule has 4 heteroatoms. The molecule has 0 aliphatic rings. The number of carbonyl (C=O) groups excluding carboxylic acids is 1. The molecule has 0 amide bonds. The summed E-state index contributed by atoms with van der Waals surface area (Å²) < 4.78 is 5.09. The number of unbranched alkanes of at least 4 members (excludes halogenated alkanes) is 1. The number of hydrogen-bond acceptors (Lipinski definition) is 3. The van der Waals surface area contributed by atoms with Crippen LogP contribution in [0.2, 0.25) is 19.6 Å². The van der Waals surface area contributed by atoms with Crippen molar-refractivity contribution in [2.24, 2.45) is 0 Å². The van der Waals surface area contributed by atoms with Crippen molar-refractivity contribution in [3.8, 4) is 5.75 Å². The van der Waals surface area contributed by atoms with Crippen LogP contribution in [-0.4, -0.2) is 25.8 Å². The molecule has 0 unspecified atom stereocenters. The van der Waals surface area contributed by atoms with Gasteiger partial charge >= 0.3 is 5.97 Å². The van der Waals surface area contributed by atoms with Crippen LogP contribution in [0, 0.1) is 6.92 Å². The van der Waals surface area contributed by atoms with Gasteiger partial charge in [0.1, 0.15) is 11.3 Å². The Morgan fingerprint density at radius 2 is 1.90 bits per heavy atom. The highest BCUT2D eigenvalue weighted by atomic mass is 28.3. The minimum Gasteiger partial charge on any atom is -0.507 e. The standard InChI is InChI=1S/C17H28O3Si/c1-7-9-10-13-11-14(17(19)20-8-2)15(18)16(12(13)3)21(4,5)6/h11,18H,7-10H2,1-6H3. The molecule has 118 valence electrons. The fourth-order valence-corrected chi connectivity index (χ4v) is 4.86. The monoisotopic (exact) mass is 308 g/mol. The van der Waals surface area contributed by atoms with Crippen molar-refractivity contribution in [1.82, 2.24) is 0 Å². The summed E-state index contributed by atoms with van der Waals surface area (Å²) in [7, 11) is -1.75. The van der Waals surface area contributed by atoms with E-state index in [1.165, 1.54) is 0 Å². The minimum atomic E-state index is -1.75. The molecule has 0 radical (unpaired) electrons. The molecule has 0 bridgehead atoms. The lowest BCUT2D eigenvalue weighted by Gasteiger charge is -2.24. The molecule has 0 aromatic heterocycles.